The lowest BCUT2D eigenvalue weighted by atomic mass is 10.1. The van der Waals surface area contributed by atoms with Gasteiger partial charge in [-0.05, 0) is 34.1 Å². The van der Waals surface area contributed by atoms with E-state index >= 15 is 0 Å². The van der Waals surface area contributed by atoms with Crippen LogP contribution < -0.4 is 10.2 Å². The third kappa shape index (κ3) is 4.47. The van der Waals surface area contributed by atoms with Gasteiger partial charge in [0, 0.05) is 25.2 Å². The van der Waals surface area contributed by atoms with Crippen LogP contribution in [0.1, 0.15) is 40.0 Å². The third-order valence-electron chi connectivity index (χ3n) is 2.95. The molecule has 2 heterocycles. The molecule has 0 aromatic carbocycles. The molecule has 0 spiro atoms. The normalized spacial score (nSPS) is 21.5. The predicted molar refractivity (Wildman–Crippen MR) is 73.1 cm³/mol. The zero-order valence-electron chi connectivity index (χ0n) is 12.3. The van der Waals surface area contributed by atoms with E-state index in [1.165, 1.54) is 0 Å². The van der Waals surface area contributed by atoms with Gasteiger partial charge in [0.05, 0.1) is 12.6 Å². The number of hydrogen-bond acceptors (Lipinski definition) is 6. The molecule has 1 aliphatic rings. The molecule has 1 unspecified atom stereocenters. The molecule has 6 heteroatoms. The molecule has 1 atom stereocenters. The summed E-state index contributed by atoms with van der Waals surface area (Å²) < 4.78 is 11.3. The topological polar surface area (TPSA) is 63.4 Å². The van der Waals surface area contributed by atoms with Gasteiger partial charge in [0.15, 0.2) is 0 Å². The standard InChI is InChI=1S/C13H24N4O2/c1-10-9-17(6-5-7-18-10)12-16-15-11(19-12)8-14-13(2,3)4/h10,14H,5-9H2,1-4H3. The van der Waals surface area contributed by atoms with Gasteiger partial charge in [-0.15, -0.1) is 5.10 Å². The van der Waals surface area contributed by atoms with E-state index in [2.05, 4.69) is 48.1 Å². The predicted octanol–water partition coefficient (Wildman–Crippen LogP) is 1.57. The van der Waals surface area contributed by atoms with Gasteiger partial charge in [0.1, 0.15) is 0 Å². The van der Waals surface area contributed by atoms with Crippen molar-refractivity contribution in [2.45, 2.75) is 52.3 Å². The lowest BCUT2D eigenvalue weighted by Gasteiger charge is -2.20. The first kappa shape index (κ1) is 14.3. The largest absolute Gasteiger partial charge is 0.407 e. The van der Waals surface area contributed by atoms with E-state index in [1.807, 2.05) is 0 Å². The van der Waals surface area contributed by atoms with Gasteiger partial charge >= 0.3 is 6.01 Å². The fourth-order valence-electron chi connectivity index (χ4n) is 1.95. The monoisotopic (exact) mass is 268 g/mol. The van der Waals surface area contributed by atoms with Gasteiger partial charge in [-0.2, -0.15) is 0 Å². The number of hydrogen-bond donors (Lipinski definition) is 1. The average Bonchev–Trinajstić information content (AvgIpc) is 2.68. The SMILES string of the molecule is CC1CN(c2nnc(CNC(C)(C)C)o2)CCCO1. The van der Waals surface area contributed by atoms with E-state index in [9.17, 15) is 0 Å². The van der Waals surface area contributed by atoms with E-state index < -0.39 is 0 Å². The molecule has 108 valence electrons. The first-order valence-electron chi connectivity index (χ1n) is 6.88. The molecule has 0 amide bonds. The van der Waals surface area contributed by atoms with Gasteiger partial charge in [-0.1, -0.05) is 5.10 Å². The maximum Gasteiger partial charge on any atom is 0.318 e. The highest BCUT2D eigenvalue weighted by Crippen LogP contribution is 2.16. The van der Waals surface area contributed by atoms with E-state index in [1.54, 1.807) is 0 Å². The molecular weight excluding hydrogens is 244 g/mol. The van der Waals surface area contributed by atoms with Crippen LogP contribution in [0.15, 0.2) is 4.42 Å². The summed E-state index contributed by atoms with van der Waals surface area (Å²) in [6.45, 7) is 11.5. The Balaban J connectivity index is 1.95. The van der Waals surface area contributed by atoms with Crippen LogP contribution in [0.3, 0.4) is 0 Å². The summed E-state index contributed by atoms with van der Waals surface area (Å²) in [5.74, 6) is 0.628. The molecule has 1 aliphatic heterocycles. The van der Waals surface area contributed by atoms with Gasteiger partial charge in [-0.3, -0.25) is 0 Å². The number of rotatable bonds is 3. The van der Waals surface area contributed by atoms with Gasteiger partial charge in [0.25, 0.3) is 0 Å². The maximum atomic E-state index is 5.71. The number of aromatic nitrogens is 2. The van der Waals surface area contributed by atoms with Crippen molar-refractivity contribution in [3.63, 3.8) is 0 Å². The molecular formula is C13H24N4O2. The summed E-state index contributed by atoms with van der Waals surface area (Å²) in [6, 6.07) is 0.600. The smallest absolute Gasteiger partial charge is 0.318 e. The second-order valence-corrected chi connectivity index (χ2v) is 6.06. The van der Waals surface area contributed by atoms with E-state index in [0.29, 0.717) is 18.5 Å². The summed E-state index contributed by atoms with van der Waals surface area (Å²) in [4.78, 5) is 2.10. The maximum absolute atomic E-state index is 5.71. The minimum atomic E-state index is 0.0413. The first-order valence-corrected chi connectivity index (χ1v) is 6.88. The Morgan fingerprint density at radius 2 is 2.16 bits per heavy atom. The van der Waals surface area contributed by atoms with Crippen molar-refractivity contribution in [2.75, 3.05) is 24.6 Å². The zero-order chi connectivity index (χ0) is 13.9. The van der Waals surface area contributed by atoms with Crippen LogP contribution in [-0.4, -0.2) is 41.5 Å². The second kappa shape index (κ2) is 5.88. The summed E-state index contributed by atoms with van der Waals surface area (Å²) in [7, 11) is 0. The van der Waals surface area contributed by atoms with Crippen molar-refractivity contribution in [3.8, 4) is 0 Å². The van der Waals surface area contributed by atoms with Crippen molar-refractivity contribution >= 4 is 6.01 Å². The van der Waals surface area contributed by atoms with Gasteiger partial charge in [-0.25, -0.2) is 0 Å². The van der Waals surface area contributed by atoms with Crippen LogP contribution in [0.4, 0.5) is 6.01 Å². The molecule has 6 nitrogen and oxygen atoms in total. The van der Waals surface area contributed by atoms with Crippen molar-refractivity contribution < 1.29 is 9.15 Å². The molecule has 19 heavy (non-hydrogen) atoms. The third-order valence-corrected chi connectivity index (χ3v) is 2.95. The molecule has 0 aliphatic carbocycles. The summed E-state index contributed by atoms with van der Waals surface area (Å²) in [6.07, 6.45) is 1.19. The van der Waals surface area contributed by atoms with Crippen LogP contribution in [-0.2, 0) is 11.3 Å². The molecule has 2 rings (SSSR count). The molecule has 1 saturated heterocycles. The highest BCUT2D eigenvalue weighted by Gasteiger charge is 2.20. The molecule has 0 radical (unpaired) electrons. The van der Waals surface area contributed by atoms with E-state index in [-0.39, 0.29) is 11.6 Å². The Morgan fingerprint density at radius 1 is 1.37 bits per heavy atom. The molecule has 1 N–H and O–H groups in total. The summed E-state index contributed by atoms with van der Waals surface area (Å²) >= 11 is 0. The Kier molecular flexibility index (Phi) is 4.42. The second-order valence-electron chi connectivity index (χ2n) is 6.06. The Morgan fingerprint density at radius 3 is 2.89 bits per heavy atom. The van der Waals surface area contributed by atoms with Crippen molar-refractivity contribution in [1.29, 1.82) is 0 Å². The van der Waals surface area contributed by atoms with Crippen LogP contribution in [0.5, 0.6) is 0 Å². The lowest BCUT2D eigenvalue weighted by molar-refractivity contribution is 0.0818. The van der Waals surface area contributed by atoms with E-state index in [0.717, 1.165) is 26.1 Å². The number of anilines is 1. The van der Waals surface area contributed by atoms with E-state index in [4.69, 9.17) is 9.15 Å². The fourth-order valence-corrected chi connectivity index (χ4v) is 1.95. The van der Waals surface area contributed by atoms with Crippen LogP contribution in [0, 0.1) is 0 Å². The number of nitrogens with zero attached hydrogens (tertiary/aromatic N) is 3. The van der Waals surface area contributed by atoms with Gasteiger partial charge < -0.3 is 19.4 Å². The molecule has 1 fully saturated rings. The zero-order valence-corrected chi connectivity index (χ0v) is 12.3. The van der Waals surface area contributed by atoms with Crippen LogP contribution in [0.25, 0.3) is 0 Å². The molecule has 1 aromatic heterocycles. The van der Waals surface area contributed by atoms with Crippen molar-refractivity contribution in [2.24, 2.45) is 0 Å². The highest BCUT2D eigenvalue weighted by atomic mass is 16.5. The minimum absolute atomic E-state index is 0.0413. The van der Waals surface area contributed by atoms with Crippen molar-refractivity contribution in [3.05, 3.63) is 5.89 Å². The summed E-state index contributed by atoms with van der Waals surface area (Å²) in [5, 5.41) is 11.6. The molecule has 0 saturated carbocycles. The Labute approximate surface area is 114 Å². The van der Waals surface area contributed by atoms with Crippen molar-refractivity contribution in [1.82, 2.24) is 15.5 Å². The lowest BCUT2D eigenvalue weighted by Crippen LogP contribution is -2.35. The minimum Gasteiger partial charge on any atom is -0.407 e. The quantitative estimate of drug-likeness (QED) is 0.898. The number of ether oxygens (including phenoxy) is 1. The highest BCUT2D eigenvalue weighted by molar-refractivity contribution is 5.24. The van der Waals surface area contributed by atoms with Crippen LogP contribution in [0.2, 0.25) is 0 Å². The average molecular weight is 268 g/mol. The fraction of sp³-hybridized carbons (Fsp3) is 0.846. The number of nitrogens with one attached hydrogen (secondary N) is 1. The summed E-state index contributed by atoms with van der Waals surface area (Å²) in [5.41, 5.74) is 0.0413. The first-order chi connectivity index (χ1) is 8.94. The molecule has 1 aromatic rings. The Hall–Kier alpha value is -1.14. The van der Waals surface area contributed by atoms with Gasteiger partial charge in [0.2, 0.25) is 5.89 Å². The van der Waals surface area contributed by atoms with Crippen LogP contribution >= 0.6 is 0 Å². The molecule has 0 bridgehead atoms. The Bertz CT molecular complexity index is 400.